The van der Waals surface area contributed by atoms with Crippen LogP contribution >= 0.6 is 15.9 Å². The first-order chi connectivity index (χ1) is 16.2. The lowest BCUT2D eigenvalue weighted by atomic mass is 9.75. The molecule has 0 saturated carbocycles. The summed E-state index contributed by atoms with van der Waals surface area (Å²) in [6.07, 6.45) is 3.55. The summed E-state index contributed by atoms with van der Waals surface area (Å²) in [6, 6.07) is 15.3. The van der Waals surface area contributed by atoms with Crippen molar-refractivity contribution in [3.8, 4) is 17.0 Å². The molecule has 0 atom stereocenters. The van der Waals surface area contributed by atoms with Gasteiger partial charge >= 0.3 is 5.97 Å². The van der Waals surface area contributed by atoms with Crippen molar-refractivity contribution in [1.29, 1.82) is 0 Å². The van der Waals surface area contributed by atoms with Gasteiger partial charge < -0.3 is 14.7 Å². The Balaban J connectivity index is 1.62. The Hall–Kier alpha value is -2.93. The Kier molecular flexibility index (Phi) is 7.22. The molecule has 178 valence electrons. The van der Waals surface area contributed by atoms with Crippen LogP contribution in [0.3, 0.4) is 0 Å². The largest absolute Gasteiger partial charge is 0.488 e. The molecule has 7 heteroatoms. The van der Waals surface area contributed by atoms with Gasteiger partial charge in [-0.05, 0) is 54.0 Å². The fraction of sp³-hybridized carbons (Fsp3) is 0.370. The Labute approximate surface area is 209 Å². The van der Waals surface area contributed by atoms with Crippen LogP contribution < -0.4 is 9.64 Å². The molecule has 34 heavy (non-hydrogen) atoms. The number of aromatic nitrogens is 2. The van der Waals surface area contributed by atoms with Crippen molar-refractivity contribution >= 4 is 27.8 Å². The third kappa shape index (κ3) is 5.58. The molecule has 2 heterocycles. The Bertz CT molecular complexity index is 1150. The average molecular weight is 524 g/mol. The monoisotopic (exact) mass is 523 g/mol. The zero-order valence-electron chi connectivity index (χ0n) is 19.8. The third-order valence-electron chi connectivity index (χ3n) is 6.46. The van der Waals surface area contributed by atoms with E-state index in [1.165, 1.54) is 6.20 Å². The van der Waals surface area contributed by atoms with Gasteiger partial charge in [0.2, 0.25) is 5.95 Å². The van der Waals surface area contributed by atoms with Crippen LogP contribution in [0.1, 0.15) is 49.5 Å². The lowest BCUT2D eigenvalue weighted by molar-refractivity contribution is 0.0697. The van der Waals surface area contributed by atoms with E-state index in [0.29, 0.717) is 35.5 Å². The standard InChI is InChI=1S/C27H30BrN3O3/c1-27(2,3)19-12-14-31(15-13-19)26-29-16-22(25(32)33)24(30-26)21-6-4-5-7-23(21)34-17-18-8-10-20(28)11-9-18/h4-11,16,19H,12-15,17H2,1-3H3,(H,32,33). The number of carboxylic acids is 1. The van der Waals surface area contributed by atoms with Crippen molar-refractivity contribution in [1.82, 2.24) is 9.97 Å². The highest BCUT2D eigenvalue weighted by Gasteiger charge is 2.30. The second-order valence-electron chi connectivity index (χ2n) is 9.78. The summed E-state index contributed by atoms with van der Waals surface area (Å²) >= 11 is 3.44. The van der Waals surface area contributed by atoms with E-state index < -0.39 is 5.97 Å². The second kappa shape index (κ2) is 10.1. The molecule has 1 N–H and O–H groups in total. The van der Waals surface area contributed by atoms with Crippen molar-refractivity contribution in [3.05, 3.63) is 70.3 Å². The Morgan fingerprint density at radius 2 is 1.79 bits per heavy atom. The molecule has 1 aliphatic heterocycles. The van der Waals surface area contributed by atoms with E-state index in [0.717, 1.165) is 36.0 Å². The van der Waals surface area contributed by atoms with Crippen molar-refractivity contribution in [3.63, 3.8) is 0 Å². The molecule has 0 spiro atoms. The van der Waals surface area contributed by atoms with Crippen LogP contribution in [0.15, 0.2) is 59.2 Å². The number of hydrogen-bond acceptors (Lipinski definition) is 5. The molecule has 6 nitrogen and oxygen atoms in total. The third-order valence-corrected chi connectivity index (χ3v) is 6.99. The van der Waals surface area contributed by atoms with Gasteiger partial charge in [-0.1, -0.05) is 61.0 Å². The predicted molar refractivity (Wildman–Crippen MR) is 137 cm³/mol. The molecule has 1 saturated heterocycles. The molecule has 1 aromatic heterocycles. The normalized spacial score (nSPS) is 14.8. The molecule has 0 amide bonds. The number of carboxylic acid groups (broad SMARTS) is 1. The molecular formula is C27H30BrN3O3. The number of halogens is 1. The maximum absolute atomic E-state index is 12.0. The van der Waals surface area contributed by atoms with E-state index in [9.17, 15) is 9.90 Å². The molecule has 2 aromatic carbocycles. The number of hydrogen-bond donors (Lipinski definition) is 1. The van der Waals surface area contributed by atoms with E-state index in [1.807, 2.05) is 48.5 Å². The van der Waals surface area contributed by atoms with Gasteiger partial charge in [0.25, 0.3) is 0 Å². The van der Waals surface area contributed by atoms with Crippen molar-refractivity contribution < 1.29 is 14.6 Å². The number of nitrogens with zero attached hydrogens (tertiary/aromatic N) is 3. The van der Waals surface area contributed by atoms with Crippen LogP contribution in [0.2, 0.25) is 0 Å². The van der Waals surface area contributed by atoms with Crippen LogP contribution in [-0.2, 0) is 6.61 Å². The van der Waals surface area contributed by atoms with E-state index in [1.54, 1.807) is 0 Å². The first-order valence-electron chi connectivity index (χ1n) is 11.5. The zero-order chi connectivity index (χ0) is 24.3. The number of rotatable bonds is 6. The van der Waals surface area contributed by atoms with E-state index in [-0.39, 0.29) is 11.0 Å². The minimum atomic E-state index is -1.06. The van der Waals surface area contributed by atoms with Gasteiger partial charge in [0.1, 0.15) is 17.9 Å². The minimum Gasteiger partial charge on any atom is -0.488 e. The molecule has 0 radical (unpaired) electrons. The lowest BCUT2D eigenvalue weighted by Gasteiger charge is -2.38. The molecule has 0 bridgehead atoms. The van der Waals surface area contributed by atoms with Gasteiger partial charge in [0, 0.05) is 29.3 Å². The van der Waals surface area contributed by atoms with E-state index >= 15 is 0 Å². The first-order valence-corrected chi connectivity index (χ1v) is 12.3. The molecule has 1 aliphatic rings. The Morgan fingerprint density at radius 1 is 1.12 bits per heavy atom. The fourth-order valence-corrected chi connectivity index (χ4v) is 4.63. The highest BCUT2D eigenvalue weighted by Crippen LogP contribution is 2.36. The van der Waals surface area contributed by atoms with Gasteiger partial charge in [0.15, 0.2) is 0 Å². The zero-order valence-corrected chi connectivity index (χ0v) is 21.4. The quantitative estimate of drug-likeness (QED) is 0.400. The van der Waals surface area contributed by atoms with Gasteiger partial charge in [0.05, 0.1) is 5.69 Å². The predicted octanol–water partition coefficient (Wildman–Crippen LogP) is 6.45. The smallest absolute Gasteiger partial charge is 0.339 e. The summed E-state index contributed by atoms with van der Waals surface area (Å²) < 4.78 is 7.11. The van der Waals surface area contributed by atoms with Gasteiger partial charge in [-0.2, -0.15) is 0 Å². The highest BCUT2D eigenvalue weighted by atomic mass is 79.9. The number of piperidine rings is 1. The summed E-state index contributed by atoms with van der Waals surface area (Å²) in [5.41, 5.74) is 2.37. The van der Waals surface area contributed by atoms with E-state index in [2.05, 4.69) is 46.6 Å². The molecule has 0 aliphatic carbocycles. The van der Waals surface area contributed by atoms with E-state index in [4.69, 9.17) is 9.72 Å². The van der Waals surface area contributed by atoms with Gasteiger partial charge in [-0.3, -0.25) is 0 Å². The molecule has 4 rings (SSSR count). The minimum absolute atomic E-state index is 0.0630. The van der Waals surface area contributed by atoms with Crippen LogP contribution in [0.4, 0.5) is 5.95 Å². The fourth-order valence-electron chi connectivity index (χ4n) is 4.36. The van der Waals surface area contributed by atoms with Gasteiger partial charge in [-0.15, -0.1) is 0 Å². The van der Waals surface area contributed by atoms with Crippen LogP contribution in [0.5, 0.6) is 5.75 Å². The number of carbonyl (C=O) groups is 1. The van der Waals surface area contributed by atoms with Crippen LogP contribution in [0.25, 0.3) is 11.3 Å². The second-order valence-corrected chi connectivity index (χ2v) is 10.7. The highest BCUT2D eigenvalue weighted by molar-refractivity contribution is 9.10. The summed E-state index contributed by atoms with van der Waals surface area (Å²) in [5, 5.41) is 9.84. The average Bonchev–Trinajstić information content (AvgIpc) is 2.83. The van der Waals surface area contributed by atoms with Crippen molar-refractivity contribution in [2.24, 2.45) is 11.3 Å². The number of para-hydroxylation sites is 1. The lowest BCUT2D eigenvalue weighted by Crippen LogP contribution is -2.39. The molecule has 1 fully saturated rings. The molecular weight excluding hydrogens is 494 g/mol. The molecule has 3 aromatic rings. The molecule has 0 unspecified atom stereocenters. The number of ether oxygens (including phenoxy) is 1. The number of anilines is 1. The Morgan fingerprint density at radius 3 is 2.44 bits per heavy atom. The summed E-state index contributed by atoms with van der Waals surface area (Å²) in [5.74, 6) is 0.740. The van der Waals surface area contributed by atoms with Crippen LogP contribution in [-0.4, -0.2) is 34.1 Å². The summed E-state index contributed by atoms with van der Waals surface area (Å²) in [6.45, 7) is 8.94. The van der Waals surface area contributed by atoms with Crippen molar-refractivity contribution in [2.75, 3.05) is 18.0 Å². The summed E-state index contributed by atoms with van der Waals surface area (Å²) in [4.78, 5) is 23.3. The SMILES string of the molecule is CC(C)(C)C1CCN(c2ncc(C(=O)O)c(-c3ccccc3OCc3ccc(Br)cc3)n2)CC1. The van der Waals surface area contributed by atoms with Crippen LogP contribution in [0, 0.1) is 11.3 Å². The first kappa shape index (κ1) is 24.2. The number of aromatic carboxylic acids is 1. The maximum atomic E-state index is 12.0. The number of benzene rings is 2. The maximum Gasteiger partial charge on any atom is 0.339 e. The van der Waals surface area contributed by atoms with Crippen molar-refractivity contribution in [2.45, 2.75) is 40.2 Å². The topological polar surface area (TPSA) is 75.6 Å². The van der Waals surface area contributed by atoms with Gasteiger partial charge in [-0.25, -0.2) is 14.8 Å². The summed E-state index contributed by atoms with van der Waals surface area (Å²) in [7, 11) is 0.